The quantitative estimate of drug-likeness (QED) is 0.416. The number of nitrogens with two attached hydrogens (primary N) is 1. The highest BCUT2D eigenvalue weighted by molar-refractivity contribution is 5.75. The van der Waals surface area contributed by atoms with Crippen molar-refractivity contribution in [2.24, 2.45) is 5.84 Å². The average Bonchev–Trinajstić information content (AvgIpc) is 2.26. The number of rotatable bonds is 4. The van der Waals surface area contributed by atoms with Gasteiger partial charge in [-0.05, 0) is 17.7 Å². The van der Waals surface area contributed by atoms with Gasteiger partial charge in [0, 0.05) is 0 Å². The number of anilines is 1. The molecule has 0 aliphatic heterocycles. The van der Waals surface area contributed by atoms with E-state index in [0.717, 1.165) is 0 Å². The minimum atomic E-state index is -1.56. The fraction of sp³-hybridized carbons (Fsp3) is 0.222. The number of nitrogen functional groups attached to an aromatic ring is 1. The van der Waals surface area contributed by atoms with Crippen LogP contribution in [0.15, 0.2) is 18.2 Å². The van der Waals surface area contributed by atoms with Crippen molar-refractivity contribution in [1.82, 2.24) is 0 Å². The van der Waals surface area contributed by atoms with Gasteiger partial charge >= 0.3 is 5.97 Å². The highest BCUT2D eigenvalue weighted by Crippen LogP contribution is 2.27. The maximum Gasteiger partial charge on any atom is 0.337 e. The van der Waals surface area contributed by atoms with Crippen molar-refractivity contribution in [2.75, 3.05) is 12.5 Å². The van der Waals surface area contributed by atoms with E-state index in [0.29, 0.717) is 11.4 Å². The van der Waals surface area contributed by atoms with Crippen LogP contribution >= 0.6 is 0 Å². The Labute approximate surface area is 86.2 Å². The van der Waals surface area contributed by atoms with Crippen LogP contribution in [0.3, 0.4) is 0 Å². The third-order valence-electron chi connectivity index (χ3n) is 1.93. The molecule has 0 aliphatic carbocycles. The van der Waals surface area contributed by atoms with Crippen molar-refractivity contribution in [2.45, 2.75) is 6.10 Å². The first-order chi connectivity index (χ1) is 7.10. The Balaban J connectivity index is 3.07. The minimum Gasteiger partial charge on any atom is -0.495 e. The van der Waals surface area contributed by atoms with Crippen molar-refractivity contribution < 1.29 is 19.7 Å². The zero-order valence-corrected chi connectivity index (χ0v) is 8.10. The summed E-state index contributed by atoms with van der Waals surface area (Å²) in [4.78, 5) is 10.5. The molecule has 6 nitrogen and oxygen atoms in total. The number of methoxy groups -OCH3 is 1. The smallest absolute Gasteiger partial charge is 0.337 e. The summed E-state index contributed by atoms with van der Waals surface area (Å²) in [5.41, 5.74) is 3.14. The van der Waals surface area contributed by atoms with E-state index < -0.39 is 12.1 Å². The van der Waals surface area contributed by atoms with E-state index in [-0.39, 0.29) is 5.56 Å². The number of hydrazine groups is 1. The fourth-order valence-corrected chi connectivity index (χ4v) is 1.14. The number of carboxylic acids is 1. The van der Waals surface area contributed by atoms with Crippen LogP contribution in [0.2, 0.25) is 0 Å². The molecule has 82 valence electrons. The molecule has 0 amide bonds. The highest BCUT2D eigenvalue weighted by atomic mass is 16.5. The predicted molar refractivity (Wildman–Crippen MR) is 53.4 cm³/mol. The number of aliphatic hydroxyl groups excluding tert-OH is 1. The Morgan fingerprint density at radius 1 is 1.60 bits per heavy atom. The van der Waals surface area contributed by atoms with Crippen molar-refractivity contribution in [3.8, 4) is 5.75 Å². The lowest BCUT2D eigenvalue weighted by atomic mass is 10.1. The largest absolute Gasteiger partial charge is 0.495 e. The molecule has 0 fully saturated rings. The molecule has 0 heterocycles. The van der Waals surface area contributed by atoms with Crippen LogP contribution in [0.4, 0.5) is 5.69 Å². The summed E-state index contributed by atoms with van der Waals surface area (Å²) in [5, 5.41) is 17.9. The Bertz CT molecular complexity index is 367. The first kappa shape index (κ1) is 11.3. The number of benzene rings is 1. The van der Waals surface area contributed by atoms with Gasteiger partial charge < -0.3 is 20.4 Å². The number of carboxylic acid groups (broad SMARTS) is 1. The SMILES string of the molecule is COc1cc(C(O)C(=O)O)ccc1NN. The Morgan fingerprint density at radius 3 is 2.73 bits per heavy atom. The summed E-state index contributed by atoms with van der Waals surface area (Å²) in [5.74, 6) is 4.26. The second kappa shape index (κ2) is 4.63. The van der Waals surface area contributed by atoms with Gasteiger partial charge in [-0.15, -0.1) is 0 Å². The van der Waals surface area contributed by atoms with Gasteiger partial charge in [-0.2, -0.15) is 0 Å². The van der Waals surface area contributed by atoms with Gasteiger partial charge in [-0.1, -0.05) is 6.07 Å². The van der Waals surface area contributed by atoms with E-state index in [4.69, 9.17) is 15.7 Å². The molecular formula is C9H12N2O4. The maximum absolute atomic E-state index is 10.5. The number of ether oxygens (including phenoxy) is 1. The number of hydrogen-bond acceptors (Lipinski definition) is 5. The monoisotopic (exact) mass is 212 g/mol. The number of aliphatic hydroxyl groups is 1. The van der Waals surface area contributed by atoms with Gasteiger partial charge in [0.15, 0.2) is 6.10 Å². The molecule has 1 rings (SSSR count). The van der Waals surface area contributed by atoms with Gasteiger partial charge in [0.2, 0.25) is 0 Å². The van der Waals surface area contributed by atoms with E-state index in [9.17, 15) is 9.90 Å². The number of carbonyl (C=O) groups is 1. The van der Waals surface area contributed by atoms with Crippen LogP contribution in [0.25, 0.3) is 0 Å². The van der Waals surface area contributed by atoms with Gasteiger partial charge in [0.1, 0.15) is 5.75 Å². The Morgan fingerprint density at radius 2 is 2.27 bits per heavy atom. The second-order valence-corrected chi connectivity index (χ2v) is 2.84. The number of aliphatic carboxylic acids is 1. The molecule has 0 saturated carbocycles. The highest BCUT2D eigenvalue weighted by Gasteiger charge is 2.17. The molecule has 1 aromatic carbocycles. The molecule has 5 N–H and O–H groups in total. The standard InChI is InChI=1S/C9H12N2O4/c1-15-7-4-5(8(12)9(13)14)2-3-6(7)11-10/h2-4,8,11-12H,10H2,1H3,(H,13,14). The van der Waals surface area contributed by atoms with Crippen molar-refractivity contribution in [3.63, 3.8) is 0 Å². The zero-order valence-electron chi connectivity index (χ0n) is 8.10. The maximum atomic E-state index is 10.5. The molecule has 1 atom stereocenters. The normalized spacial score (nSPS) is 11.9. The third kappa shape index (κ3) is 2.36. The van der Waals surface area contributed by atoms with Crippen LogP contribution in [-0.2, 0) is 4.79 Å². The third-order valence-corrected chi connectivity index (χ3v) is 1.93. The minimum absolute atomic E-state index is 0.235. The Kier molecular flexibility index (Phi) is 3.48. The molecule has 6 heteroatoms. The van der Waals surface area contributed by atoms with Crippen LogP contribution in [-0.4, -0.2) is 23.3 Å². The fourth-order valence-electron chi connectivity index (χ4n) is 1.14. The molecule has 0 aromatic heterocycles. The molecule has 1 unspecified atom stereocenters. The molecule has 0 radical (unpaired) electrons. The first-order valence-corrected chi connectivity index (χ1v) is 4.15. The summed E-state index contributed by atoms with van der Waals surface area (Å²) >= 11 is 0. The lowest BCUT2D eigenvalue weighted by Gasteiger charge is -2.11. The molecule has 15 heavy (non-hydrogen) atoms. The zero-order chi connectivity index (χ0) is 11.4. The van der Waals surface area contributed by atoms with Gasteiger partial charge in [0.05, 0.1) is 12.8 Å². The summed E-state index contributed by atoms with van der Waals surface area (Å²) in [6, 6.07) is 4.39. The van der Waals surface area contributed by atoms with E-state index in [1.165, 1.54) is 25.3 Å². The van der Waals surface area contributed by atoms with Crippen LogP contribution in [0.1, 0.15) is 11.7 Å². The molecule has 0 spiro atoms. The van der Waals surface area contributed by atoms with E-state index in [2.05, 4.69) is 5.43 Å². The molecule has 1 aromatic rings. The van der Waals surface area contributed by atoms with E-state index >= 15 is 0 Å². The molecular weight excluding hydrogens is 200 g/mol. The lowest BCUT2D eigenvalue weighted by Crippen LogP contribution is -2.12. The molecule has 0 bridgehead atoms. The molecule has 0 aliphatic rings. The molecule has 0 saturated heterocycles. The lowest BCUT2D eigenvalue weighted by molar-refractivity contribution is -0.146. The summed E-state index contributed by atoms with van der Waals surface area (Å²) in [6.07, 6.45) is -1.56. The average molecular weight is 212 g/mol. The summed E-state index contributed by atoms with van der Waals surface area (Å²) in [6.45, 7) is 0. The van der Waals surface area contributed by atoms with E-state index in [1.54, 1.807) is 0 Å². The van der Waals surface area contributed by atoms with Gasteiger partial charge in [-0.25, -0.2) is 4.79 Å². The van der Waals surface area contributed by atoms with Crippen LogP contribution in [0.5, 0.6) is 5.75 Å². The van der Waals surface area contributed by atoms with Gasteiger partial charge in [-0.3, -0.25) is 5.84 Å². The van der Waals surface area contributed by atoms with Crippen molar-refractivity contribution in [1.29, 1.82) is 0 Å². The van der Waals surface area contributed by atoms with Gasteiger partial charge in [0.25, 0.3) is 0 Å². The van der Waals surface area contributed by atoms with Crippen LogP contribution < -0.4 is 16.0 Å². The Hall–Kier alpha value is -1.79. The predicted octanol–water partition coefficient (Wildman–Crippen LogP) is 0.0988. The van der Waals surface area contributed by atoms with Crippen LogP contribution in [0, 0.1) is 0 Å². The second-order valence-electron chi connectivity index (χ2n) is 2.84. The summed E-state index contributed by atoms with van der Waals surface area (Å²) < 4.78 is 4.96. The topological polar surface area (TPSA) is 105 Å². The van der Waals surface area contributed by atoms with Crippen molar-refractivity contribution in [3.05, 3.63) is 23.8 Å². The van der Waals surface area contributed by atoms with E-state index in [1.807, 2.05) is 0 Å². The van der Waals surface area contributed by atoms with Crippen molar-refractivity contribution >= 4 is 11.7 Å². The first-order valence-electron chi connectivity index (χ1n) is 4.15. The number of nitrogens with one attached hydrogen (secondary N) is 1. The summed E-state index contributed by atoms with van der Waals surface area (Å²) in [7, 11) is 1.42. The number of hydrogen-bond donors (Lipinski definition) is 4.